The Morgan fingerprint density at radius 1 is 1.19 bits per heavy atom. The van der Waals surface area contributed by atoms with Gasteiger partial charge in [0.2, 0.25) is 0 Å². The number of carbonyl (C=O) groups is 1. The van der Waals surface area contributed by atoms with Crippen molar-refractivity contribution in [2.45, 2.75) is 32.4 Å². The molecule has 0 aliphatic carbocycles. The Morgan fingerprint density at radius 3 is 2.62 bits per heavy atom. The zero-order chi connectivity index (χ0) is 18.4. The topological polar surface area (TPSA) is 41.6 Å². The number of benzene rings is 2. The lowest BCUT2D eigenvalue weighted by molar-refractivity contribution is -0.124. The molecule has 0 bridgehead atoms. The van der Waals surface area contributed by atoms with Gasteiger partial charge in [-0.05, 0) is 49.1 Å². The highest BCUT2D eigenvalue weighted by atomic mass is 35.5. The smallest absolute Gasteiger partial charge is 0.258 e. The van der Waals surface area contributed by atoms with E-state index in [9.17, 15) is 4.79 Å². The van der Waals surface area contributed by atoms with Crippen LogP contribution in [-0.4, -0.2) is 36.5 Å². The lowest BCUT2D eigenvalue weighted by Gasteiger charge is -2.32. The Kier molecular flexibility index (Phi) is 6.53. The molecule has 0 atom stereocenters. The first-order valence-electron chi connectivity index (χ1n) is 9.05. The number of nitrogens with one attached hydrogen (secondary N) is 1. The lowest BCUT2D eigenvalue weighted by atomic mass is 10.0. The third kappa shape index (κ3) is 5.48. The summed E-state index contributed by atoms with van der Waals surface area (Å²) in [7, 11) is 0. The van der Waals surface area contributed by atoms with Crippen LogP contribution in [0.25, 0.3) is 0 Å². The molecule has 1 aliphatic rings. The number of ether oxygens (including phenoxy) is 1. The average molecular weight is 373 g/mol. The minimum Gasteiger partial charge on any atom is -0.484 e. The van der Waals surface area contributed by atoms with Gasteiger partial charge >= 0.3 is 0 Å². The normalized spacial score (nSPS) is 15.6. The molecule has 26 heavy (non-hydrogen) atoms. The molecule has 0 aromatic heterocycles. The summed E-state index contributed by atoms with van der Waals surface area (Å²) in [5.74, 6) is 0.596. The molecular formula is C21H25ClN2O2. The Hall–Kier alpha value is -2.04. The molecule has 3 rings (SSSR count). The Balaban J connectivity index is 1.38. The number of nitrogens with zero attached hydrogens (tertiary/aromatic N) is 1. The van der Waals surface area contributed by atoms with Crippen LogP contribution in [0.2, 0.25) is 5.02 Å². The molecule has 1 amide bonds. The van der Waals surface area contributed by atoms with Crippen molar-refractivity contribution in [3.8, 4) is 5.75 Å². The molecule has 4 nitrogen and oxygen atoms in total. The van der Waals surface area contributed by atoms with E-state index >= 15 is 0 Å². The molecular weight excluding hydrogens is 348 g/mol. The molecule has 138 valence electrons. The van der Waals surface area contributed by atoms with E-state index in [-0.39, 0.29) is 18.6 Å². The summed E-state index contributed by atoms with van der Waals surface area (Å²) < 4.78 is 5.56. The third-order valence-corrected chi connectivity index (χ3v) is 5.13. The van der Waals surface area contributed by atoms with Gasteiger partial charge in [-0.3, -0.25) is 9.69 Å². The highest BCUT2D eigenvalue weighted by Gasteiger charge is 2.20. The van der Waals surface area contributed by atoms with Crippen molar-refractivity contribution < 1.29 is 9.53 Å². The first kappa shape index (κ1) is 18.7. The van der Waals surface area contributed by atoms with E-state index in [2.05, 4.69) is 34.5 Å². The van der Waals surface area contributed by atoms with Gasteiger partial charge in [0.15, 0.2) is 6.61 Å². The predicted octanol–water partition coefficient (Wildman–Crippen LogP) is 3.81. The van der Waals surface area contributed by atoms with Crippen LogP contribution < -0.4 is 10.1 Å². The van der Waals surface area contributed by atoms with Gasteiger partial charge in [-0.15, -0.1) is 0 Å². The molecule has 5 heteroatoms. The van der Waals surface area contributed by atoms with Crippen molar-refractivity contribution in [1.29, 1.82) is 0 Å². The number of hydrogen-bond acceptors (Lipinski definition) is 3. The molecule has 1 saturated heterocycles. The maximum atomic E-state index is 12.1. The van der Waals surface area contributed by atoms with Gasteiger partial charge < -0.3 is 10.1 Å². The van der Waals surface area contributed by atoms with Crippen LogP contribution in [0.15, 0.2) is 48.5 Å². The van der Waals surface area contributed by atoms with Gasteiger partial charge in [-0.1, -0.05) is 41.9 Å². The maximum absolute atomic E-state index is 12.1. The molecule has 0 saturated carbocycles. The number of rotatable bonds is 6. The number of amides is 1. The van der Waals surface area contributed by atoms with Gasteiger partial charge in [-0.2, -0.15) is 0 Å². The molecule has 0 unspecified atom stereocenters. The van der Waals surface area contributed by atoms with Crippen molar-refractivity contribution in [3.63, 3.8) is 0 Å². The fourth-order valence-corrected chi connectivity index (χ4v) is 3.32. The first-order chi connectivity index (χ1) is 12.6. The highest BCUT2D eigenvalue weighted by Crippen LogP contribution is 2.21. The van der Waals surface area contributed by atoms with Crippen LogP contribution in [0.3, 0.4) is 0 Å². The average Bonchev–Trinajstić information content (AvgIpc) is 2.65. The molecule has 2 aromatic carbocycles. The quantitative estimate of drug-likeness (QED) is 0.838. The van der Waals surface area contributed by atoms with Crippen molar-refractivity contribution in [2.75, 3.05) is 19.7 Å². The zero-order valence-corrected chi connectivity index (χ0v) is 15.8. The summed E-state index contributed by atoms with van der Waals surface area (Å²) in [6.07, 6.45) is 1.94. The van der Waals surface area contributed by atoms with Crippen LogP contribution in [0.5, 0.6) is 5.75 Å². The zero-order valence-electron chi connectivity index (χ0n) is 15.1. The van der Waals surface area contributed by atoms with Gasteiger partial charge in [0, 0.05) is 30.7 Å². The van der Waals surface area contributed by atoms with Crippen LogP contribution in [-0.2, 0) is 11.3 Å². The molecule has 0 spiro atoms. The van der Waals surface area contributed by atoms with Crippen molar-refractivity contribution in [3.05, 3.63) is 64.7 Å². The summed E-state index contributed by atoms with van der Waals surface area (Å²) >= 11 is 6.00. The van der Waals surface area contributed by atoms with Crippen molar-refractivity contribution >= 4 is 17.5 Å². The molecule has 1 fully saturated rings. The monoisotopic (exact) mass is 372 g/mol. The standard InChI is InChI=1S/C21H25ClN2O2/c1-16-13-19(7-8-20(16)22)26-15-21(25)23-18-9-11-24(12-10-18)14-17-5-3-2-4-6-17/h2-8,13,18H,9-12,14-15H2,1H3,(H,23,25). The maximum Gasteiger partial charge on any atom is 0.258 e. The van der Waals surface area contributed by atoms with Gasteiger partial charge in [0.1, 0.15) is 5.75 Å². The lowest BCUT2D eigenvalue weighted by Crippen LogP contribution is -2.45. The van der Waals surface area contributed by atoms with Gasteiger partial charge in [0.05, 0.1) is 0 Å². The SMILES string of the molecule is Cc1cc(OCC(=O)NC2CCN(Cc3ccccc3)CC2)ccc1Cl. The Bertz CT molecular complexity index is 728. The second-order valence-corrected chi connectivity index (χ2v) is 7.21. The summed E-state index contributed by atoms with van der Waals surface area (Å²) in [6, 6.07) is 16.1. The summed E-state index contributed by atoms with van der Waals surface area (Å²) in [5, 5.41) is 3.78. The molecule has 2 aromatic rings. The van der Waals surface area contributed by atoms with Crippen LogP contribution in [0.1, 0.15) is 24.0 Å². The number of hydrogen-bond donors (Lipinski definition) is 1. The summed E-state index contributed by atoms with van der Waals surface area (Å²) in [4.78, 5) is 14.6. The van der Waals surface area contributed by atoms with E-state index < -0.39 is 0 Å². The van der Waals surface area contributed by atoms with Crippen LogP contribution in [0.4, 0.5) is 0 Å². The van der Waals surface area contributed by atoms with E-state index in [1.807, 2.05) is 19.1 Å². The number of likely N-dealkylation sites (tertiary alicyclic amines) is 1. The number of carbonyl (C=O) groups excluding carboxylic acids is 1. The molecule has 1 N–H and O–H groups in total. The second-order valence-electron chi connectivity index (χ2n) is 6.80. The fourth-order valence-electron chi connectivity index (χ4n) is 3.20. The molecule has 1 aliphatic heterocycles. The van der Waals surface area contributed by atoms with Crippen LogP contribution in [0, 0.1) is 6.92 Å². The van der Waals surface area contributed by atoms with Gasteiger partial charge in [0.25, 0.3) is 5.91 Å². The van der Waals surface area contributed by atoms with Crippen LogP contribution >= 0.6 is 11.6 Å². The van der Waals surface area contributed by atoms with E-state index in [1.165, 1.54) is 5.56 Å². The highest BCUT2D eigenvalue weighted by molar-refractivity contribution is 6.31. The van der Waals surface area contributed by atoms with E-state index in [1.54, 1.807) is 12.1 Å². The second kappa shape index (κ2) is 9.06. The minimum absolute atomic E-state index is 0.0330. The Labute approximate surface area is 160 Å². The van der Waals surface area contributed by atoms with E-state index in [0.29, 0.717) is 10.8 Å². The van der Waals surface area contributed by atoms with E-state index in [0.717, 1.165) is 38.0 Å². The first-order valence-corrected chi connectivity index (χ1v) is 9.42. The fraction of sp³-hybridized carbons (Fsp3) is 0.381. The van der Waals surface area contributed by atoms with E-state index in [4.69, 9.17) is 16.3 Å². The van der Waals surface area contributed by atoms with Crippen molar-refractivity contribution in [2.24, 2.45) is 0 Å². The largest absolute Gasteiger partial charge is 0.484 e. The Morgan fingerprint density at radius 2 is 1.92 bits per heavy atom. The minimum atomic E-state index is -0.0703. The summed E-state index contributed by atoms with van der Waals surface area (Å²) in [6.45, 7) is 4.92. The number of piperidine rings is 1. The van der Waals surface area contributed by atoms with Crippen molar-refractivity contribution in [1.82, 2.24) is 10.2 Å². The number of aryl methyl sites for hydroxylation is 1. The molecule has 0 radical (unpaired) electrons. The molecule has 1 heterocycles. The third-order valence-electron chi connectivity index (χ3n) is 4.70. The number of halogens is 1. The summed E-state index contributed by atoms with van der Waals surface area (Å²) in [5.41, 5.74) is 2.28. The van der Waals surface area contributed by atoms with Gasteiger partial charge in [-0.25, -0.2) is 0 Å². The predicted molar refractivity (Wildman–Crippen MR) is 105 cm³/mol.